The van der Waals surface area contributed by atoms with Crippen LogP contribution in [0.2, 0.25) is 0 Å². The summed E-state index contributed by atoms with van der Waals surface area (Å²) in [4.78, 5) is 23.3. The largest absolute Gasteiger partial charge is 0.489 e. The molecule has 0 radical (unpaired) electrons. The van der Waals surface area contributed by atoms with Gasteiger partial charge < -0.3 is 14.6 Å². The van der Waals surface area contributed by atoms with Crippen molar-refractivity contribution in [3.8, 4) is 16.9 Å². The van der Waals surface area contributed by atoms with Crippen LogP contribution in [0.1, 0.15) is 61.2 Å². The monoisotopic (exact) mass is 460 g/mol. The van der Waals surface area contributed by atoms with E-state index in [-0.39, 0.29) is 23.4 Å². The molecule has 178 valence electrons. The molecule has 0 saturated heterocycles. The first kappa shape index (κ1) is 25.0. The first-order valence-electron chi connectivity index (χ1n) is 11.5. The van der Waals surface area contributed by atoms with Crippen LogP contribution in [0, 0.1) is 0 Å². The molecule has 0 bridgehead atoms. The number of carbonyl (C=O) groups is 2. The summed E-state index contributed by atoms with van der Waals surface area (Å²) < 4.78 is 11.2. The van der Waals surface area contributed by atoms with Gasteiger partial charge in [0.2, 0.25) is 0 Å². The van der Waals surface area contributed by atoms with E-state index >= 15 is 0 Å². The lowest BCUT2D eigenvalue weighted by molar-refractivity contribution is -0.143. The van der Waals surface area contributed by atoms with E-state index < -0.39 is 5.97 Å². The Bertz CT molecular complexity index is 1140. The number of hydrogen-bond donors (Lipinski definition) is 1. The van der Waals surface area contributed by atoms with Crippen molar-refractivity contribution in [2.24, 2.45) is 0 Å². The summed E-state index contributed by atoms with van der Waals surface area (Å²) in [5.74, 6) is -0.534. The lowest BCUT2D eigenvalue weighted by Gasteiger charge is -2.19. The number of carbonyl (C=O) groups excluding carboxylic acids is 1. The van der Waals surface area contributed by atoms with Gasteiger partial charge in [-0.05, 0) is 70.8 Å². The maximum Gasteiger partial charge on any atom is 0.335 e. The van der Waals surface area contributed by atoms with Crippen molar-refractivity contribution in [3.63, 3.8) is 0 Å². The van der Waals surface area contributed by atoms with Gasteiger partial charge in [-0.3, -0.25) is 4.79 Å². The summed E-state index contributed by atoms with van der Waals surface area (Å²) in [6.45, 7) is 9.08. The van der Waals surface area contributed by atoms with Gasteiger partial charge in [0.1, 0.15) is 12.4 Å². The number of carboxylic acids is 1. The maximum absolute atomic E-state index is 12.0. The molecule has 0 aliphatic carbocycles. The topological polar surface area (TPSA) is 72.8 Å². The second-order valence-corrected chi connectivity index (χ2v) is 9.25. The Morgan fingerprint density at radius 1 is 0.912 bits per heavy atom. The van der Waals surface area contributed by atoms with Crippen LogP contribution < -0.4 is 4.74 Å². The van der Waals surface area contributed by atoms with Crippen molar-refractivity contribution >= 4 is 11.9 Å². The highest BCUT2D eigenvalue weighted by atomic mass is 16.5. The highest BCUT2D eigenvalue weighted by molar-refractivity contribution is 5.89. The van der Waals surface area contributed by atoms with Gasteiger partial charge in [0.05, 0.1) is 12.2 Å². The highest BCUT2D eigenvalue weighted by Crippen LogP contribution is 2.29. The number of hydrogen-bond acceptors (Lipinski definition) is 4. The minimum absolute atomic E-state index is 0.0907. The Hall–Kier alpha value is -3.60. The molecule has 0 aromatic heterocycles. The van der Waals surface area contributed by atoms with Gasteiger partial charge >= 0.3 is 11.9 Å². The minimum Gasteiger partial charge on any atom is -0.489 e. The molecule has 0 amide bonds. The van der Waals surface area contributed by atoms with Crippen LogP contribution in [0.15, 0.2) is 66.7 Å². The molecule has 0 aliphatic rings. The third-order valence-corrected chi connectivity index (χ3v) is 5.62. The zero-order valence-electron chi connectivity index (χ0n) is 20.3. The molecule has 0 spiro atoms. The van der Waals surface area contributed by atoms with E-state index in [4.69, 9.17) is 9.47 Å². The number of ether oxygens (including phenoxy) is 2. The average Bonchev–Trinajstić information content (AvgIpc) is 2.81. The third kappa shape index (κ3) is 6.70. The van der Waals surface area contributed by atoms with Gasteiger partial charge in [0.25, 0.3) is 0 Å². The van der Waals surface area contributed by atoms with Crippen LogP contribution in [0.5, 0.6) is 5.75 Å². The zero-order chi connectivity index (χ0) is 24.7. The minimum atomic E-state index is -0.971. The maximum atomic E-state index is 12.0. The van der Waals surface area contributed by atoms with Crippen molar-refractivity contribution in [1.82, 2.24) is 0 Å². The number of benzene rings is 3. The van der Waals surface area contributed by atoms with Gasteiger partial charge in [-0.1, -0.05) is 63.2 Å². The Morgan fingerprint density at radius 3 is 2.26 bits per heavy atom. The van der Waals surface area contributed by atoms with E-state index in [1.807, 2.05) is 24.3 Å². The second kappa shape index (κ2) is 11.0. The van der Waals surface area contributed by atoms with E-state index in [0.717, 1.165) is 22.3 Å². The Kier molecular flexibility index (Phi) is 8.11. The third-order valence-electron chi connectivity index (χ3n) is 5.62. The average molecular weight is 461 g/mol. The predicted octanol–water partition coefficient (Wildman–Crippen LogP) is 6.42. The van der Waals surface area contributed by atoms with Gasteiger partial charge in [-0.15, -0.1) is 0 Å². The Labute approximate surface area is 201 Å². The van der Waals surface area contributed by atoms with Crippen LogP contribution in [0.4, 0.5) is 0 Å². The van der Waals surface area contributed by atoms with E-state index in [1.165, 1.54) is 5.56 Å². The molecule has 3 rings (SSSR count). The fraction of sp³-hybridized carbons (Fsp3) is 0.310. The SMILES string of the molecule is CCOC(=O)CCc1cc(-c2cccc(C(=O)O)c2)ccc1OCc1ccc(C(C)(C)C)cc1. The molecular weight excluding hydrogens is 428 g/mol. The smallest absolute Gasteiger partial charge is 0.335 e. The first-order chi connectivity index (χ1) is 16.2. The predicted molar refractivity (Wildman–Crippen MR) is 133 cm³/mol. The quantitative estimate of drug-likeness (QED) is 0.373. The molecule has 0 unspecified atom stereocenters. The highest BCUT2D eigenvalue weighted by Gasteiger charge is 2.14. The van der Waals surface area contributed by atoms with Crippen LogP contribution in [-0.4, -0.2) is 23.7 Å². The molecule has 1 N–H and O–H groups in total. The fourth-order valence-electron chi connectivity index (χ4n) is 3.66. The van der Waals surface area contributed by atoms with Crippen molar-refractivity contribution in [1.29, 1.82) is 0 Å². The number of carboxylic acid groups (broad SMARTS) is 1. The lowest BCUT2D eigenvalue weighted by Crippen LogP contribution is -2.11. The van der Waals surface area contributed by atoms with E-state index in [0.29, 0.717) is 25.4 Å². The standard InChI is InChI=1S/C29H32O5/c1-5-33-27(30)16-12-23-17-22(21-7-6-8-24(18-21)28(31)32)11-15-26(23)34-19-20-9-13-25(14-10-20)29(2,3)4/h6-11,13-15,17-18H,5,12,16,19H2,1-4H3,(H,31,32). The zero-order valence-corrected chi connectivity index (χ0v) is 20.3. The molecule has 5 heteroatoms. The molecule has 3 aromatic carbocycles. The summed E-state index contributed by atoms with van der Waals surface area (Å²) in [5, 5.41) is 9.32. The van der Waals surface area contributed by atoms with Gasteiger partial charge in [-0.25, -0.2) is 4.79 Å². The van der Waals surface area contributed by atoms with E-state index in [9.17, 15) is 14.7 Å². The summed E-state index contributed by atoms with van der Waals surface area (Å²) in [7, 11) is 0. The summed E-state index contributed by atoms with van der Waals surface area (Å²) in [6.07, 6.45) is 0.701. The number of aryl methyl sites for hydroxylation is 1. The van der Waals surface area contributed by atoms with Gasteiger partial charge in [0, 0.05) is 6.42 Å². The normalized spacial score (nSPS) is 11.2. The molecule has 0 saturated carbocycles. The second-order valence-electron chi connectivity index (χ2n) is 9.25. The Morgan fingerprint density at radius 2 is 1.62 bits per heavy atom. The molecule has 3 aromatic rings. The van der Waals surface area contributed by atoms with Crippen molar-refractivity contribution in [3.05, 3.63) is 89.0 Å². The van der Waals surface area contributed by atoms with Gasteiger partial charge in [0.15, 0.2) is 0 Å². The molecule has 0 atom stereocenters. The van der Waals surface area contributed by atoms with Crippen molar-refractivity contribution < 1.29 is 24.2 Å². The molecule has 0 heterocycles. The number of rotatable bonds is 9. The van der Waals surface area contributed by atoms with E-state index in [2.05, 4.69) is 45.0 Å². The Balaban J connectivity index is 1.84. The van der Waals surface area contributed by atoms with Crippen molar-refractivity contribution in [2.45, 2.75) is 52.6 Å². The van der Waals surface area contributed by atoms with Crippen LogP contribution in [-0.2, 0) is 28.0 Å². The summed E-state index contributed by atoms with van der Waals surface area (Å²) in [6, 6.07) is 20.9. The van der Waals surface area contributed by atoms with Crippen LogP contribution in [0.25, 0.3) is 11.1 Å². The molecule has 34 heavy (non-hydrogen) atoms. The molecular formula is C29H32O5. The number of aromatic carboxylic acids is 1. The van der Waals surface area contributed by atoms with Crippen molar-refractivity contribution in [2.75, 3.05) is 6.61 Å². The van der Waals surface area contributed by atoms with E-state index in [1.54, 1.807) is 25.1 Å². The molecule has 0 aliphatic heterocycles. The summed E-state index contributed by atoms with van der Waals surface area (Å²) >= 11 is 0. The van der Waals surface area contributed by atoms with Gasteiger partial charge in [-0.2, -0.15) is 0 Å². The van der Waals surface area contributed by atoms with Crippen LogP contribution >= 0.6 is 0 Å². The number of esters is 1. The lowest BCUT2D eigenvalue weighted by atomic mass is 9.87. The molecule has 5 nitrogen and oxygen atoms in total. The summed E-state index contributed by atoms with van der Waals surface area (Å²) in [5.41, 5.74) is 5.17. The first-order valence-corrected chi connectivity index (χ1v) is 11.5. The molecule has 0 fully saturated rings. The fourth-order valence-corrected chi connectivity index (χ4v) is 3.66. The van der Waals surface area contributed by atoms with Crippen LogP contribution in [0.3, 0.4) is 0 Å².